The fourth-order valence-electron chi connectivity index (χ4n) is 1.73. The maximum Gasteiger partial charge on any atom is 0.140 e. The van der Waals surface area contributed by atoms with Crippen LogP contribution >= 0.6 is 0 Å². The molecule has 1 aromatic rings. The second-order valence-electron chi connectivity index (χ2n) is 4.19. The van der Waals surface area contributed by atoms with Crippen molar-refractivity contribution in [3.8, 4) is 0 Å². The third kappa shape index (κ3) is 4.07. The van der Waals surface area contributed by atoms with Crippen LogP contribution in [0.4, 0.5) is 0 Å². The Kier molecular flexibility index (Phi) is 4.96. The molecule has 4 N–H and O–H groups in total. The first-order chi connectivity index (χ1) is 8.06. The van der Waals surface area contributed by atoms with E-state index in [-0.39, 0.29) is 11.9 Å². The Bertz CT molecular complexity index is 385. The number of nitrogens with two attached hydrogens (primary N) is 1. The number of aryl methyl sites for hydroxylation is 2. The summed E-state index contributed by atoms with van der Waals surface area (Å²) < 4.78 is 1.80. The first kappa shape index (κ1) is 13.5. The summed E-state index contributed by atoms with van der Waals surface area (Å²) in [5.74, 6) is 0.257. The smallest absolute Gasteiger partial charge is 0.140 e. The third-order valence-corrected chi connectivity index (χ3v) is 2.77. The second kappa shape index (κ2) is 6.24. The van der Waals surface area contributed by atoms with Crippen LogP contribution in [0, 0.1) is 6.92 Å². The quantitative estimate of drug-likeness (QED) is 0.295. The summed E-state index contributed by atoms with van der Waals surface area (Å²) >= 11 is 0. The number of hydrogen-bond acceptors (Lipinski definition) is 4. The van der Waals surface area contributed by atoms with Crippen LogP contribution in [-0.2, 0) is 13.6 Å². The van der Waals surface area contributed by atoms with Crippen LogP contribution in [0.25, 0.3) is 0 Å². The molecule has 0 aliphatic heterocycles. The minimum absolute atomic E-state index is 0.213. The molecular weight excluding hydrogens is 218 g/mol. The zero-order valence-electron chi connectivity index (χ0n) is 10.6. The van der Waals surface area contributed by atoms with Gasteiger partial charge in [0.2, 0.25) is 0 Å². The van der Waals surface area contributed by atoms with E-state index in [1.54, 1.807) is 4.68 Å². The highest BCUT2D eigenvalue weighted by Crippen LogP contribution is 2.06. The Labute approximate surface area is 101 Å². The number of nitrogens with zero attached hydrogens (tertiary/aromatic N) is 3. The Balaban J connectivity index is 2.50. The maximum absolute atomic E-state index is 8.53. The molecule has 0 amide bonds. The van der Waals surface area contributed by atoms with Gasteiger partial charge >= 0.3 is 0 Å². The highest BCUT2D eigenvalue weighted by molar-refractivity contribution is 5.80. The predicted octanol–water partition coefficient (Wildman–Crippen LogP) is 0.733. The lowest BCUT2D eigenvalue weighted by Gasteiger charge is -2.15. The molecule has 0 saturated carbocycles. The lowest BCUT2D eigenvalue weighted by atomic mass is 10.1. The van der Waals surface area contributed by atoms with Gasteiger partial charge in [0, 0.05) is 37.8 Å². The first-order valence-corrected chi connectivity index (χ1v) is 5.75. The van der Waals surface area contributed by atoms with Gasteiger partial charge in [-0.05, 0) is 13.3 Å². The summed E-state index contributed by atoms with van der Waals surface area (Å²) in [6.07, 6.45) is 3.47. The van der Waals surface area contributed by atoms with Gasteiger partial charge in [-0.15, -0.1) is 0 Å². The lowest BCUT2D eigenvalue weighted by Crippen LogP contribution is -2.32. The van der Waals surface area contributed by atoms with Gasteiger partial charge in [0.25, 0.3) is 0 Å². The SMILES string of the molecule is CCC(CC(N)=NO)NCc1cn(C)nc1C. The van der Waals surface area contributed by atoms with E-state index in [4.69, 9.17) is 10.9 Å². The number of amidine groups is 1. The molecule has 0 radical (unpaired) electrons. The number of nitrogens with one attached hydrogen (secondary N) is 1. The van der Waals surface area contributed by atoms with Crippen LogP contribution in [0.5, 0.6) is 0 Å². The van der Waals surface area contributed by atoms with E-state index in [1.165, 1.54) is 5.56 Å². The highest BCUT2D eigenvalue weighted by atomic mass is 16.4. The summed E-state index contributed by atoms with van der Waals surface area (Å²) in [6.45, 7) is 4.80. The van der Waals surface area contributed by atoms with Gasteiger partial charge in [0.05, 0.1) is 5.69 Å². The van der Waals surface area contributed by atoms with Crippen LogP contribution in [0.2, 0.25) is 0 Å². The third-order valence-electron chi connectivity index (χ3n) is 2.77. The van der Waals surface area contributed by atoms with Gasteiger partial charge in [-0.3, -0.25) is 4.68 Å². The van der Waals surface area contributed by atoms with Crippen LogP contribution in [-0.4, -0.2) is 26.9 Å². The van der Waals surface area contributed by atoms with Gasteiger partial charge in [-0.25, -0.2) is 0 Å². The Morgan fingerprint density at radius 1 is 1.71 bits per heavy atom. The zero-order valence-corrected chi connectivity index (χ0v) is 10.6. The predicted molar refractivity (Wildman–Crippen MR) is 66.9 cm³/mol. The molecule has 0 aliphatic carbocycles. The summed E-state index contributed by atoms with van der Waals surface area (Å²) in [7, 11) is 1.91. The van der Waals surface area contributed by atoms with Crippen molar-refractivity contribution in [1.29, 1.82) is 0 Å². The van der Waals surface area contributed by atoms with E-state index >= 15 is 0 Å². The molecule has 1 atom stereocenters. The van der Waals surface area contributed by atoms with Crippen molar-refractivity contribution in [3.05, 3.63) is 17.5 Å². The minimum Gasteiger partial charge on any atom is -0.409 e. The fraction of sp³-hybridized carbons (Fsp3) is 0.636. The van der Waals surface area contributed by atoms with Gasteiger partial charge in [0.15, 0.2) is 0 Å². The van der Waals surface area contributed by atoms with E-state index in [0.717, 1.165) is 18.7 Å². The largest absolute Gasteiger partial charge is 0.409 e. The summed E-state index contributed by atoms with van der Waals surface area (Å²) in [5, 5.41) is 19.2. The van der Waals surface area contributed by atoms with Crippen molar-refractivity contribution in [1.82, 2.24) is 15.1 Å². The maximum atomic E-state index is 8.53. The molecule has 0 spiro atoms. The number of hydrogen-bond donors (Lipinski definition) is 3. The van der Waals surface area contributed by atoms with Gasteiger partial charge in [0.1, 0.15) is 5.84 Å². The van der Waals surface area contributed by atoms with E-state index in [9.17, 15) is 0 Å². The molecule has 17 heavy (non-hydrogen) atoms. The summed E-state index contributed by atoms with van der Waals surface area (Å²) in [4.78, 5) is 0. The van der Waals surface area contributed by atoms with Crippen molar-refractivity contribution in [2.24, 2.45) is 17.9 Å². The normalized spacial score (nSPS) is 13.9. The van der Waals surface area contributed by atoms with Crippen LogP contribution in [0.15, 0.2) is 11.4 Å². The second-order valence-corrected chi connectivity index (χ2v) is 4.19. The van der Waals surface area contributed by atoms with Gasteiger partial charge < -0.3 is 16.3 Å². The van der Waals surface area contributed by atoms with Crippen LogP contribution < -0.4 is 11.1 Å². The van der Waals surface area contributed by atoms with Crippen LogP contribution in [0.3, 0.4) is 0 Å². The molecule has 0 fully saturated rings. The van der Waals surface area contributed by atoms with Crippen molar-refractivity contribution < 1.29 is 5.21 Å². The molecular formula is C11H21N5O. The molecule has 0 bridgehead atoms. The lowest BCUT2D eigenvalue weighted by molar-refractivity contribution is 0.315. The Hall–Kier alpha value is -1.56. The van der Waals surface area contributed by atoms with Crippen molar-refractivity contribution >= 4 is 5.84 Å². The summed E-state index contributed by atoms with van der Waals surface area (Å²) in [5.41, 5.74) is 7.69. The monoisotopic (exact) mass is 239 g/mol. The molecule has 0 saturated heterocycles. The molecule has 1 rings (SSSR count). The van der Waals surface area contributed by atoms with E-state index in [2.05, 4.69) is 22.5 Å². The van der Waals surface area contributed by atoms with E-state index in [0.29, 0.717) is 6.42 Å². The molecule has 6 nitrogen and oxygen atoms in total. The van der Waals surface area contributed by atoms with Crippen molar-refractivity contribution in [2.45, 2.75) is 39.3 Å². The Morgan fingerprint density at radius 2 is 2.41 bits per heavy atom. The standard InChI is InChI=1S/C11H21N5O/c1-4-10(5-11(12)15-17)13-6-9-7-16(3)14-8(9)2/h7,10,13,17H,4-6H2,1-3H3,(H2,12,15). The zero-order chi connectivity index (χ0) is 12.8. The number of aromatic nitrogens is 2. The highest BCUT2D eigenvalue weighted by Gasteiger charge is 2.10. The van der Waals surface area contributed by atoms with Crippen LogP contribution in [0.1, 0.15) is 31.0 Å². The Morgan fingerprint density at radius 3 is 2.88 bits per heavy atom. The molecule has 0 aliphatic rings. The molecule has 1 aromatic heterocycles. The molecule has 1 unspecified atom stereocenters. The molecule has 96 valence electrons. The van der Waals surface area contributed by atoms with E-state index < -0.39 is 0 Å². The number of rotatable bonds is 6. The fourth-order valence-corrected chi connectivity index (χ4v) is 1.73. The minimum atomic E-state index is 0.213. The van der Waals surface area contributed by atoms with Gasteiger partial charge in [-0.1, -0.05) is 12.1 Å². The van der Waals surface area contributed by atoms with E-state index in [1.807, 2.05) is 20.2 Å². The van der Waals surface area contributed by atoms with Crippen molar-refractivity contribution in [2.75, 3.05) is 0 Å². The average molecular weight is 239 g/mol. The molecule has 1 heterocycles. The first-order valence-electron chi connectivity index (χ1n) is 5.75. The summed E-state index contributed by atoms with van der Waals surface area (Å²) in [6, 6.07) is 0.213. The van der Waals surface area contributed by atoms with Crippen molar-refractivity contribution in [3.63, 3.8) is 0 Å². The number of oxime groups is 1. The van der Waals surface area contributed by atoms with Gasteiger partial charge in [-0.2, -0.15) is 5.10 Å². The molecule has 6 heteroatoms. The average Bonchev–Trinajstić information content (AvgIpc) is 2.62. The topological polar surface area (TPSA) is 88.5 Å². The molecule has 0 aromatic carbocycles.